The molecule has 2 N–H and O–H groups in total. The largest absolute Gasteiger partial charge is 0.368 e. The van der Waals surface area contributed by atoms with Gasteiger partial charge in [-0.15, -0.1) is 5.48 Å². The topological polar surface area (TPSA) is 50.4 Å². The number of alkyl halides is 3. The number of halogens is 4. The van der Waals surface area contributed by atoms with Crippen LogP contribution in [-0.2, 0) is 16.1 Å². The van der Waals surface area contributed by atoms with Crippen molar-refractivity contribution in [2.75, 3.05) is 5.32 Å². The highest BCUT2D eigenvalue weighted by Gasteiger charge is 2.34. The number of hydroxylamine groups is 1. The Morgan fingerprint density at radius 2 is 1.83 bits per heavy atom. The molecule has 0 saturated heterocycles. The first-order valence-corrected chi connectivity index (χ1v) is 8.85. The standard InChI is InChI=1S/C16H14BrCl3N2O2/c17-12-7-4-8-13(10-12)21-15(16(18,19)20)22-24-14(23)9-11-5-2-1-3-6-11/h1-8,10,15,21-22H,9H2. The Bertz CT molecular complexity index is 681. The summed E-state index contributed by atoms with van der Waals surface area (Å²) in [6.07, 6.45) is -0.825. The second-order valence-electron chi connectivity index (χ2n) is 4.88. The van der Waals surface area contributed by atoms with Gasteiger partial charge in [0.1, 0.15) is 0 Å². The Kier molecular flexibility index (Phi) is 7.19. The normalized spacial score (nSPS) is 12.5. The van der Waals surface area contributed by atoms with Crippen LogP contribution in [0, 0.1) is 0 Å². The molecule has 24 heavy (non-hydrogen) atoms. The molecule has 4 nitrogen and oxygen atoms in total. The van der Waals surface area contributed by atoms with Gasteiger partial charge in [-0.3, -0.25) is 4.79 Å². The number of carbonyl (C=O) groups is 1. The summed E-state index contributed by atoms with van der Waals surface area (Å²) < 4.78 is -0.883. The van der Waals surface area contributed by atoms with E-state index in [2.05, 4.69) is 26.7 Å². The van der Waals surface area contributed by atoms with Crippen molar-refractivity contribution >= 4 is 62.4 Å². The van der Waals surface area contributed by atoms with E-state index in [1.807, 2.05) is 42.5 Å². The van der Waals surface area contributed by atoms with E-state index < -0.39 is 15.9 Å². The minimum Gasteiger partial charge on any atom is -0.368 e. The average molecular weight is 453 g/mol. The quantitative estimate of drug-likeness (QED) is 0.374. The molecule has 0 fully saturated rings. The zero-order valence-electron chi connectivity index (χ0n) is 12.3. The molecule has 0 bridgehead atoms. The molecule has 8 heteroatoms. The van der Waals surface area contributed by atoms with Crippen LogP contribution in [0.25, 0.3) is 0 Å². The van der Waals surface area contributed by atoms with Gasteiger partial charge in [-0.05, 0) is 23.8 Å². The van der Waals surface area contributed by atoms with Gasteiger partial charge in [-0.25, -0.2) is 0 Å². The van der Waals surface area contributed by atoms with Crippen molar-refractivity contribution in [3.05, 3.63) is 64.6 Å². The maximum atomic E-state index is 11.9. The first-order chi connectivity index (χ1) is 11.3. The van der Waals surface area contributed by atoms with Crippen molar-refractivity contribution in [1.82, 2.24) is 5.48 Å². The second kappa shape index (κ2) is 8.92. The summed E-state index contributed by atoms with van der Waals surface area (Å²) in [4.78, 5) is 16.9. The van der Waals surface area contributed by atoms with E-state index in [0.717, 1.165) is 10.0 Å². The van der Waals surface area contributed by atoms with Gasteiger partial charge < -0.3 is 10.2 Å². The minimum absolute atomic E-state index is 0.108. The lowest BCUT2D eigenvalue weighted by atomic mass is 10.2. The summed E-state index contributed by atoms with van der Waals surface area (Å²) in [5, 5.41) is 2.96. The molecule has 0 radical (unpaired) electrons. The molecule has 0 saturated carbocycles. The zero-order valence-corrected chi connectivity index (χ0v) is 16.2. The minimum atomic E-state index is -1.74. The van der Waals surface area contributed by atoms with Gasteiger partial charge in [0.25, 0.3) is 0 Å². The van der Waals surface area contributed by atoms with Crippen molar-refractivity contribution < 1.29 is 9.63 Å². The number of hydrogen-bond donors (Lipinski definition) is 2. The van der Waals surface area contributed by atoms with E-state index >= 15 is 0 Å². The lowest BCUT2D eigenvalue weighted by Crippen LogP contribution is -2.47. The first kappa shape index (κ1) is 19.3. The molecule has 0 aliphatic rings. The van der Waals surface area contributed by atoms with E-state index in [1.165, 1.54) is 0 Å². The fourth-order valence-corrected chi connectivity index (χ4v) is 2.54. The number of carbonyl (C=O) groups excluding carboxylic acids is 1. The van der Waals surface area contributed by atoms with Gasteiger partial charge in [0.15, 0.2) is 6.17 Å². The van der Waals surface area contributed by atoms with Gasteiger partial charge in [0.05, 0.1) is 6.42 Å². The molecule has 0 aliphatic carbocycles. The van der Waals surface area contributed by atoms with Crippen LogP contribution in [0.3, 0.4) is 0 Å². The molecule has 128 valence electrons. The van der Waals surface area contributed by atoms with Crippen molar-refractivity contribution in [1.29, 1.82) is 0 Å². The highest BCUT2D eigenvalue weighted by molar-refractivity contribution is 9.10. The molecule has 0 spiro atoms. The monoisotopic (exact) mass is 450 g/mol. The van der Waals surface area contributed by atoms with Gasteiger partial charge in [-0.2, -0.15) is 0 Å². The van der Waals surface area contributed by atoms with Crippen molar-refractivity contribution in [2.45, 2.75) is 16.4 Å². The molecule has 2 aromatic carbocycles. The Hall–Kier alpha value is -0.980. The maximum absolute atomic E-state index is 11.9. The molecule has 0 aromatic heterocycles. The van der Waals surface area contributed by atoms with Crippen LogP contribution in [0.5, 0.6) is 0 Å². The molecule has 0 aliphatic heterocycles. The summed E-state index contributed by atoms with van der Waals surface area (Å²) >= 11 is 21.2. The van der Waals surface area contributed by atoms with Gasteiger partial charge in [0.2, 0.25) is 3.79 Å². The summed E-state index contributed by atoms with van der Waals surface area (Å²) in [5.74, 6) is -0.489. The Morgan fingerprint density at radius 1 is 1.12 bits per heavy atom. The van der Waals surface area contributed by atoms with Gasteiger partial charge >= 0.3 is 5.97 Å². The highest BCUT2D eigenvalue weighted by Crippen LogP contribution is 2.31. The Morgan fingerprint density at radius 3 is 2.46 bits per heavy atom. The van der Waals surface area contributed by atoms with E-state index in [-0.39, 0.29) is 6.42 Å². The van der Waals surface area contributed by atoms with Crippen molar-refractivity contribution in [3.63, 3.8) is 0 Å². The number of anilines is 1. The fraction of sp³-hybridized carbons (Fsp3) is 0.188. The number of rotatable bonds is 6. The second-order valence-corrected chi connectivity index (χ2v) is 8.17. The van der Waals surface area contributed by atoms with E-state index in [4.69, 9.17) is 39.6 Å². The molecule has 2 rings (SSSR count). The van der Waals surface area contributed by atoms with E-state index in [9.17, 15) is 4.79 Å². The Balaban J connectivity index is 1.95. The number of nitrogens with one attached hydrogen (secondary N) is 2. The summed E-state index contributed by atoms with van der Waals surface area (Å²) in [6.45, 7) is 0. The third kappa shape index (κ3) is 6.49. The molecule has 1 atom stereocenters. The molecule has 2 aromatic rings. The van der Waals surface area contributed by atoms with E-state index in [0.29, 0.717) is 5.69 Å². The summed E-state index contributed by atoms with van der Waals surface area (Å²) in [5.41, 5.74) is 3.99. The van der Waals surface area contributed by atoms with Crippen molar-refractivity contribution in [3.8, 4) is 0 Å². The van der Waals surface area contributed by atoms with Crippen LogP contribution in [0.4, 0.5) is 5.69 Å². The number of hydrogen-bond acceptors (Lipinski definition) is 4. The smallest absolute Gasteiger partial charge is 0.329 e. The van der Waals surface area contributed by atoms with Gasteiger partial charge in [-0.1, -0.05) is 87.1 Å². The highest BCUT2D eigenvalue weighted by atomic mass is 79.9. The predicted octanol–water partition coefficient (Wildman–Crippen LogP) is 4.85. The van der Waals surface area contributed by atoms with Crippen LogP contribution in [-0.4, -0.2) is 15.9 Å². The SMILES string of the molecule is O=C(Cc1ccccc1)ONC(Nc1cccc(Br)c1)C(Cl)(Cl)Cl. The molecule has 1 unspecified atom stereocenters. The maximum Gasteiger partial charge on any atom is 0.329 e. The van der Waals surface area contributed by atoms with Crippen molar-refractivity contribution in [2.24, 2.45) is 0 Å². The lowest BCUT2D eigenvalue weighted by molar-refractivity contribution is -0.151. The molecular weight excluding hydrogens is 438 g/mol. The third-order valence-corrected chi connectivity index (χ3v) is 4.09. The van der Waals surface area contributed by atoms with Crippen LogP contribution >= 0.6 is 50.7 Å². The Labute approximate surface area is 163 Å². The fourth-order valence-electron chi connectivity index (χ4n) is 1.85. The summed E-state index contributed by atoms with van der Waals surface area (Å²) in [6, 6.07) is 16.5. The average Bonchev–Trinajstić information content (AvgIpc) is 2.51. The van der Waals surface area contributed by atoms with Gasteiger partial charge in [0, 0.05) is 10.2 Å². The van der Waals surface area contributed by atoms with Crippen LogP contribution < -0.4 is 10.8 Å². The summed E-state index contributed by atoms with van der Waals surface area (Å²) in [7, 11) is 0. The molecule has 0 heterocycles. The van der Waals surface area contributed by atoms with E-state index in [1.54, 1.807) is 12.1 Å². The van der Waals surface area contributed by atoms with Crippen LogP contribution in [0.1, 0.15) is 5.56 Å². The third-order valence-electron chi connectivity index (χ3n) is 2.94. The first-order valence-electron chi connectivity index (χ1n) is 6.92. The zero-order chi connectivity index (χ0) is 17.6. The molecule has 0 amide bonds. The number of benzene rings is 2. The lowest BCUT2D eigenvalue weighted by Gasteiger charge is -2.26. The van der Waals surface area contributed by atoms with Crippen LogP contribution in [0.15, 0.2) is 59.1 Å². The van der Waals surface area contributed by atoms with Crippen LogP contribution in [0.2, 0.25) is 0 Å². The predicted molar refractivity (Wildman–Crippen MR) is 101 cm³/mol. The molecular formula is C16H14BrCl3N2O2.